The van der Waals surface area contributed by atoms with Gasteiger partial charge in [0.1, 0.15) is 21.9 Å². The lowest BCUT2D eigenvalue weighted by atomic mass is 9.70. The highest BCUT2D eigenvalue weighted by molar-refractivity contribution is 7.99. The molecule has 0 bridgehead atoms. The molecule has 192 valence electrons. The lowest BCUT2D eigenvalue weighted by molar-refractivity contribution is -0.979. The first-order chi connectivity index (χ1) is 20.8. The molecule has 1 spiro atoms. The van der Waals surface area contributed by atoms with E-state index in [1.807, 2.05) is 35.9 Å². The fourth-order valence-corrected chi connectivity index (χ4v) is 11.7. The molecule has 13 rings (SSSR count). The molecule has 6 aromatic rings. The van der Waals surface area contributed by atoms with Gasteiger partial charge in [-0.3, -0.25) is 0 Å². The maximum absolute atomic E-state index is 6.87. The first-order valence-electron chi connectivity index (χ1n) is 14.3. The number of nitrogens with zero attached hydrogens (tertiary/aromatic N) is 4. The van der Waals surface area contributed by atoms with Crippen molar-refractivity contribution in [2.75, 3.05) is 0 Å². The van der Waals surface area contributed by atoms with Gasteiger partial charge in [-0.15, -0.1) is 9.13 Å². The molecule has 0 radical (unpaired) electrons. The number of hydrogen-bond acceptors (Lipinski definition) is 5. The van der Waals surface area contributed by atoms with E-state index in [9.17, 15) is 0 Å². The third kappa shape index (κ3) is 1.80. The summed E-state index contributed by atoms with van der Waals surface area (Å²) in [5.41, 5.74) is 15.3. The predicted octanol–water partition coefficient (Wildman–Crippen LogP) is 6.33. The summed E-state index contributed by atoms with van der Waals surface area (Å²) >= 11 is 3.62. The lowest BCUT2D eigenvalue weighted by Gasteiger charge is -2.43. The van der Waals surface area contributed by atoms with Gasteiger partial charge < -0.3 is 4.74 Å². The van der Waals surface area contributed by atoms with E-state index in [1.165, 1.54) is 76.8 Å². The smallest absolute Gasteiger partial charge is 0.423 e. The molecule has 0 fully saturated rings. The zero-order valence-electron chi connectivity index (χ0n) is 21.8. The van der Waals surface area contributed by atoms with Crippen LogP contribution < -0.4 is 13.9 Å². The second-order valence-electron chi connectivity index (χ2n) is 12.1. The van der Waals surface area contributed by atoms with Crippen molar-refractivity contribution in [2.45, 2.75) is 37.3 Å². The summed E-state index contributed by atoms with van der Waals surface area (Å²) in [6.45, 7) is 0. The molecule has 42 heavy (non-hydrogen) atoms. The van der Waals surface area contributed by atoms with Crippen LogP contribution in [0.5, 0.6) is 11.5 Å². The molecule has 2 atom stereocenters. The molecule has 0 N–H and O–H groups in total. The van der Waals surface area contributed by atoms with Crippen LogP contribution in [-0.2, 0) is 5.66 Å². The molecule has 4 aromatic heterocycles. The van der Waals surface area contributed by atoms with Gasteiger partial charge in [-0.1, -0.05) is 47.8 Å². The molecular weight excluding hydrogens is 557 g/mol. The molecule has 7 aliphatic rings. The van der Waals surface area contributed by atoms with Crippen molar-refractivity contribution in [1.29, 1.82) is 0 Å². The second-order valence-corrected chi connectivity index (χ2v) is 14.1. The number of pyridine rings is 4. The van der Waals surface area contributed by atoms with E-state index in [4.69, 9.17) is 14.7 Å². The standard InChI is InChI=1S/C35H16N4OS2/c1-5-15-17-7-3-11-38-31(17)25-23(15)21(9-1)41-33-27(25)29-19(13-36-33)40-20-14-37-34-28-26-24-16(6-2-10-22(24)42-34)18-8-4-12-39(32(18)26)35(29,38)30(20)28/h1-14,25-26H/q+2. The third-order valence-corrected chi connectivity index (χ3v) is 12.8. The minimum Gasteiger partial charge on any atom is -0.452 e. The highest BCUT2D eigenvalue weighted by Crippen LogP contribution is 2.67. The number of fused-ring (bicyclic) bond motifs is 2. The summed E-state index contributed by atoms with van der Waals surface area (Å²) in [4.78, 5) is 12.8. The Morgan fingerprint density at radius 3 is 1.62 bits per heavy atom. The summed E-state index contributed by atoms with van der Waals surface area (Å²) in [7, 11) is 0. The summed E-state index contributed by atoms with van der Waals surface area (Å²) in [6, 6.07) is 22.6. The Morgan fingerprint density at radius 2 is 1.10 bits per heavy atom. The van der Waals surface area contributed by atoms with Crippen LogP contribution >= 0.6 is 23.5 Å². The van der Waals surface area contributed by atoms with Crippen LogP contribution in [0, 0.1) is 0 Å². The quantitative estimate of drug-likeness (QED) is 0.199. The molecule has 9 heterocycles. The van der Waals surface area contributed by atoms with Gasteiger partial charge in [0.25, 0.3) is 0 Å². The van der Waals surface area contributed by atoms with Crippen LogP contribution in [0.1, 0.15) is 56.6 Å². The fourth-order valence-electron chi connectivity index (χ4n) is 9.42. The van der Waals surface area contributed by atoms with Crippen molar-refractivity contribution >= 4 is 23.5 Å². The van der Waals surface area contributed by atoms with Crippen molar-refractivity contribution in [3.63, 3.8) is 0 Å². The average Bonchev–Trinajstić information content (AvgIpc) is 3.56. The molecule has 0 saturated heterocycles. The SMILES string of the molecule is c1cc2c3c(c1)-c1ccc[n+]4c1C3c1c(ncc3c1C41c4c(cnc5c4C4c6c(cccc6-c6ccc[n+]1c64)S5)O3)S2. The van der Waals surface area contributed by atoms with Crippen molar-refractivity contribution in [1.82, 2.24) is 9.97 Å². The summed E-state index contributed by atoms with van der Waals surface area (Å²) in [5, 5.41) is 2.19. The monoisotopic (exact) mass is 572 g/mol. The Hall–Kier alpha value is -4.46. The van der Waals surface area contributed by atoms with Crippen LogP contribution in [0.25, 0.3) is 22.3 Å². The van der Waals surface area contributed by atoms with Crippen molar-refractivity contribution in [3.8, 4) is 33.8 Å². The van der Waals surface area contributed by atoms with Gasteiger partial charge in [0, 0.05) is 33.1 Å². The van der Waals surface area contributed by atoms with Crippen LogP contribution in [0.4, 0.5) is 0 Å². The molecule has 2 aromatic carbocycles. The Kier molecular flexibility index (Phi) is 3.00. The number of hydrogen-bond donors (Lipinski definition) is 0. The average molecular weight is 573 g/mol. The minimum atomic E-state index is -0.660. The molecule has 2 aliphatic carbocycles. The van der Waals surface area contributed by atoms with E-state index in [0.29, 0.717) is 0 Å². The van der Waals surface area contributed by atoms with Gasteiger partial charge in [-0.2, -0.15) is 0 Å². The topological polar surface area (TPSA) is 42.8 Å². The lowest BCUT2D eigenvalue weighted by Crippen LogP contribution is -2.80. The molecular formula is C35H16N4OS2+2. The molecule has 5 nitrogen and oxygen atoms in total. The Bertz CT molecular complexity index is 2270. The Morgan fingerprint density at radius 1 is 0.595 bits per heavy atom. The Labute approximate surface area is 247 Å². The Balaban J connectivity index is 1.32. The van der Waals surface area contributed by atoms with E-state index >= 15 is 0 Å². The van der Waals surface area contributed by atoms with E-state index in [2.05, 4.69) is 82.2 Å². The molecule has 0 saturated carbocycles. The molecule has 2 unspecified atom stereocenters. The zero-order chi connectivity index (χ0) is 26.6. The molecule has 5 aliphatic heterocycles. The molecule has 7 heteroatoms. The minimum absolute atomic E-state index is 0.132. The van der Waals surface area contributed by atoms with Gasteiger partial charge in [-0.05, 0) is 46.5 Å². The highest BCUT2D eigenvalue weighted by atomic mass is 32.2. The molecule has 0 amide bonds. The van der Waals surface area contributed by atoms with Crippen molar-refractivity contribution in [3.05, 3.63) is 130 Å². The van der Waals surface area contributed by atoms with Crippen LogP contribution in [0.15, 0.2) is 105 Å². The summed E-state index contributed by atoms with van der Waals surface area (Å²) in [5.74, 6) is 1.94. The highest BCUT2D eigenvalue weighted by Gasteiger charge is 2.73. The van der Waals surface area contributed by atoms with Crippen LogP contribution in [0.2, 0.25) is 0 Å². The number of rotatable bonds is 0. The van der Waals surface area contributed by atoms with E-state index in [-0.39, 0.29) is 11.8 Å². The zero-order valence-corrected chi connectivity index (χ0v) is 23.4. The first kappa shape index (κ1) is 20.4. The van der Waals surface area contributed by atoms with Crippen LogP contribution in [-0.4, -0.2) is 9.97 Å². The van der Waals surface area contributed by atoms with Crippen molar-refractivity contribution < 1.29 is 13.9 Å². The van der Waals surface area contributed by atoms with Gasteiger partial charge in [0.05, 0.1) is 23.5 Å². The van der Waals surface area contributed by atoms with Gasteiger partial charge >= 0.3 is 5.66 Å². The van der Waals surface area contributed by atoms with E-state index in [1.54, 1.807) is 0 Å². The third-order valence-electron chi connectivity index (χ3n) is 10.6. The van der Waals surface area contributed by atoms with Gasteiger partial charge in [0.15, 0.2) is 35.0 Å². The fraction of sp³-hybridized carbons (Fsp3) is 0.0857. The number of aromatic nitrogens is 4. The predicted molar refractivity (Wildman–Crippen MR) is 154 cm³/mol. The van der Waals surface area contributed by atoms with Gasteiger partial charge in [0.2, 0.25) is 11.4 Å². The number of benzene rings is 2. The van der Waals surface area contributed by atoms with E-state index < -0.39 is 5.66 Å². The first-order valence-corrected chi connectivity index (χ1v) is 15.9. The van der Waals surface area contributed by atoms with Crippen LogP contribution in [0.3, 0.4) is 0 Å². The van der Waals surface area contributed by atoms with Gasteiger partial charge in [-0.25, -0.2) is 9.97 Å². The van der Waals surface area contributed by atoms with Crippen molar-refractivity contribution in [2.24, 2.45) is 0 Å². The maximum Gasteiger partial charge on any atom is 0.423 e. The van der Waals surface area contributed by atoms with E-state index in [0.717, 1.165) is 21.6 Å². The summed E-state index contributed by atoms with van der Waals surface area (Å²) < 4.78 is 12.1. The largest absolute Gasteiger partial charge is 0.452 e. The maximum atomic E-state index is 6.87. The summed E-state index contributed by atoms with van der Waals surface area (Å²) in [6.07, 6.45) is 8.55. The second kappa shape index (κ2) is 6.16. The normalized spacial score (nSPS) is 22.9. The number of ether oxygens (including phenoxy) is 1.